The summed E-state index contributed by atoms with van der Waals surface area (Å²) < 4.78 is 8.28. The normalized spacial score (nSPS) is 0.800. The molecule has 0 saturated carbocycles. The Morgan fingerprint density at radius 2 is 1.40 bits per heavy atom. The van der Waals surface area contributed by atoms with Gasteiger partial charge in [0.15, 0.2) is 0 Å². The Morgan fingerprint density at radius 1 is 1.40 bits per heavy atom. The molecule has 0 atom stereocenters. The molecule has 0 aliphatic carbocycles. The maximum absolute atomic E-state index is 8.28. The minimum absolute atomic E-state index is 0. The first-order valence-corrected chi connectivity index (χ1v) is 0.866. The van der Waals surface area contributed by atoms with Crippen LogP contribution >= 0.6 is 0 Å². The molecule has 0 aromatic rings. The molecule has 0 heterocycles. The summed E-state index contributed by atoms with van der Waals surface area (Å²) in [6.07, 6.45) is 0. The fourth-order valence-corrected chi connectivity index (χ4v) is 0. The van der Waals surface area contributed by atoms with E-state index < -0.39 is 0 Å². The SMILES string of the molecule is O=[SiH2].[Ca+2].[Cr].[H-].[H-].[SnH4]. The third-order valence-corrected chi connectivity index (χ3v) is 0. The third-order valence-electron chi connectivity index (χ3n) is 0. The van der Waals surface area contributed by atoms with Crippen LogP contribution < -0.4 is 0 Å². The van der Waals surface area contributed by atoms with E-state index in [0.29, 0.717) is 10.1 Å². The Kier molecular flexibility index (Phi) is 156. The van der Waals surface area contributed by atoms with E-state index in [2.05, 4.69) is 0 Å². The summed E-state index contributed by atoms with van der Waals surface area (Å²) in [5.41, 5.74) is 0. The fourth-order valence-electron chi connectivity index (χ4n) is 0. The summed E-state index contributed by atoms with van der Waals surface area (Å²) in [7, 11) is 0.611. The fraction of sp³-hybridized carbons (Fsp3) is 0. The first-order chi connectivity index (χ1) is 1.00. The molecule has 0 aliphatic rings. The summed E-state index contributed by atoms with van der Waals surface area (Å²) in [5, 5.41) is 0. The number of hydrogen-bond acceptors (Lipinski definition) is 1. The molecule has 0 radical (unpaired) electrons. The molecule has 30 valence electrons. The van der Waals surface area contributed by atoms with Gasteiger partial charge in [0.2, 0.25) is 10.1 Å². The second-order valence-corrected chi connectivity index (χ2v) is 0. The van der Waals surface area contributed by atoms with E-state index in [1.165, 1.54) is 0 Å². The van der Waals surface area contributed by atoms with Gasteiger partial charge in [-0.1, -0.05) is 0 Å². The summed E-state index contributed by atoms with van der Waals surface area (Å²) in [4.78, 5) is 0. The van der Waals surface area contributed by atoms with Gasteiger partial charge in [-0.05, 0) is 0 Å². The standard InChI is InChI=1S/Ca.Cr.H2OSi.Sn.6H/c;;1-2;;;;;;;/h;;2H2;;;;;;;/q+2;;;;;;;;2*-1. The Morgan fingerprint density at radius 3 is 1.40 bits per heavy atom. The van der Waals surface area contributed by atoms with E-state index in [9.17, 15) is 0 Å². The van der Waals surface area contributed by atoms with Crippen molar-refractivity contribution in [2.24, 2.45) is 0 Å². The molecule has 5 heteroatoms. The molecule has 0 fully saturated rings. The van der Waals surface area contributed by atoms with Gasteiger partial charge in [-0.3, -0.25) is 0 Å². The monoisotopic (exact) mass is 264 g/mol. The van der Waals surface area contributed by atoms with Crippen molar-refractivity contribution in [1.82, 2.24) is 0 Å². The molecule has 0 unspecified atom stereocenters. The van der Waals surface area contributed by atoms with Crippen LogP contribution in [0, 0.1) is 0 Å². The van der Waals surface area contributed by atoms with Crippen LogP contribution in [0.15, 0.2) is 0 Å². The summed E-state index contributed by atoms with van der Waals surface area (Å²) >= 11 is 0. The molecule has 0 saturated heterocycles. The molecule has 0 amide bonds. The van der Waals surface area contributed by atoms with Crippen molar-refractivity contribution >= 4 is 71.8 Å². The van der Waals surface area contributed by atoms with Gasteiger partial charge in [0.05, 0.1) is 0 Å². The quantitative estimate of drug-likeness (QED) is 0.436. The molecule has 0 aromatic carbocycles. The molecule has 0 aromatic heterocycles. The van der Waals surface area contributed by atoms with Gasteiger partial charge < -0.3 is 7.32 Å². The van der Waals surface area contributed by atoms with E-state index in [-0.39, 0.29) is 81.9 Å². The van der Waals surface area contributed by atoms with Gasteiger partial charge in [0.25, 0.3) is 0 Å². The van der Waals surface area contributed by atoms with Crippen LogP contribution in [-0.2, 0) is 21.8 Å². The Labute approximate surface area is 94.8 Å². The predicted molar refractivity (Wildman–Crippen MR) is 28.5 cm³/mol. The van der Waals surface area contributed by atoms with E-state index in [0.717, 1.165) is 0 Å². The van der Waals surface area contributed by atoms with Crippen LogP contribution in [0.4, 0.5) is 0 Å². The average Bonchev–Trinajstić information content (AvgIpc) is 1.00. The Balaban J connectivity index is -0.000000000500. The average molecular weight is 263 g/mol. The molecule has 0 aliphatic heterocycles. The Bertz CT molecular complexity index is 17.7. The van der Waals surface area contributed by atoms with Crippen molar-refractivity contribution in [2.45, 2.75) is 0 Å². The van der Waals surface area contributed by atoms with Crippen molar-refractivity contribution in [3.63, 3.8) is 0 Å². The zero-order valence-corrected chi connectivity index (χ0v) is 7.13. The van der Waals surface area contributed by atoms with Crippen molar-refractivity contribution in [3.05, 3.63) is 0 Å². The third kappa shape index (κ3) is 20.6. The van der Waals surface area contributed by atoms with Gasteiger partial charge in [-0.25, -0.2) is 0 Å². The second kappa shape index (κ2) is 30.6. The zero-order valence-electron chi connectivity index (χ0n) is 4.23. The molecule has 1 nitrogen and oxygen atoms in total. The van der Waals surface area contributed by atoms with Crippen LogP contribution in [0.1, 0.15) is 2.85 Å². The summed E-state index contributed by atoms with van der Waals surface area (Å²) in [6, 6.07) is 0. The Hall–Kier alpha value is 2.61. The molecule has 0 spiro atoms. The first-order valence-electron chi connectivity index (χ1n) is 0.289. The van der Waals surface area contributed by atoms with Crippen LogP contribution in [0.25, 0.3) is 0 Å². The molecule has 0 rings (SSSR count). The van der Waals surface area contributed by atoms with Crippen LogP contribution in [0.2, 0.25) is 0 Å². The van der Waals surface area contributed by atoms with E-state index in [1.807, 2.05) is 0 Å². The maximum atomic E-state index is 8.28. The topological polar surface area (TPSA) is 17.1 Å². The van der Waals surface area contributed by atoms with Crippen molar-refractivity contribution in [2.75, 3.05) is 0 Å². The van der Waals surface area contributed by atoms with E-state index in [4.69, 9.17) is 4.46 Å². The van der Waals surface area contributed by atoms with Gasteiger partial charge in [0.1, 0.15) is 0 Å². The van der Waals surface area contributed by atoms with Gasteiger partial charge in [-0.15, -0.1) is 0 Å². The van der Waals surface area contributed by atoms with Gasteiger partial charge in [0, 0.05) is 17.4 Å². The van der Waals surface area contributed by atoms with Crippen LogP contribution in [0.3, 0.4) is 0 Å². The van der Waals surface area contributed by atoms with Crippen molar-refractivity contribution < 1.29 is 24.7 Å². The van der Waals surface area contributed by atoms with Crippen LogP contribution in [-0.4, -0.2) is 71.8 Å². The van der Waals surface area contributed by atoms with Crippen molar-refractivity contribution in [3.8, 4) is 0 Å². The number of hydrogen-bond donors (Lipinski definition) is 0. The molecular weight excluding hydrogens is 255 g/mol. The molecule has 0 N–H and O–H groups in total. The first kappa shape index (κ1) is 25.5. The van der Waals surface area contributed by atoms with Gasteiger partial charge in [-0.2, -0.15) is 0 Å². The van der Waals surface area contributed by atoms with E-state index >= 15 is 0 Å². The molecule has 0 bridgehead atoms. The molecule has 5 heavy (non-hydrogen) atoms. The second-order valence-electron chi connectivity index (χ2n) is 0. The number of rotatable bonds is 0. The van der Waals surface area contributed by atoms with Crippen molar-refractivity contribution in [1.29, 1.82) is 0 Å². The van der Waals surface area contributed by atoms with Gasteiger partial charge >= 0.3 is 61.6 Å². The molecular formula is H8CaCrOSiSn. The summed E-state index contributed by atoms with van der Waals surface area (Å²) in [6.45, 7) is 0. The summed E-state index contributed by atoms with van der Waals surface area (Å²) in [5.74, 6) is 0. The van der Waals surface area contributed by atoms with Crippen LogP contribution in [0.5, 0.6) is 0 Å². The minimum atomic E-state index is 0. The predicted octanol–water partition coefficient (Wildman–Crippen LogP) is -2.64. The van der Waals surface area contributed by atoms with E-state index in [1.54, 1.807) is 0 Å². The zero-order chi connectivity index (χ0) is 2.00.